The first-order valence-corrected chi connectivity index (χ1v) is 8.83. The Morgan fingerprint density at radius 1 is 1.14 bits per heavy atom. The number of amides is 1. The van der Waals surface area contributed by atoms with Crippen LogP contribution >= 0.6 is 0 Å². The Labute approximate surface area is 129 Å². The summed E-state index contributed by atoms with van der Waals surface area (Å²) in [6.07, 6.45) is 9.49. The molecule has 0 heterocycles. The van der Waals surface area contributed by atoms with E-state index in [-0.39, 0.29) is 29.9 Å². The number of carbonyl (C=O) groups excluding carboxylic acids is 1. The van der Waals surface area contributed by atoms with E-state index >= 15 is 0 Å². The smallest absolute Gasteiger partial charge is 0.223 e. The van der Waals surface area contributed by atoms with Crippen molar-refractivity contribution in [3.63, 3.8) is 0 Å². The summed E-state index contributed by atoms with van der Waals surface area (Å²) >= 11 is 0. The van der Waals surface area contributed by atoms with Crippen LogP contribution in [0.1, 0.15) is 72.1 Å². The minimum atomic E-state index is 0.000427. The summed E-state index contributed by atoms with van der Waals surface area (Å²) in [4.78, 5) is 12.6. The molecule has 0 aromatic rings. The SMILES string of the molecule is CC(C)(C)C(CCO)NC(=O)C1CCC2CCCCC2C1. The Balaban J connectivity index is 1.90. The molecule has 0 spiro atoms. The molecule has 2 aliphatic carbocycles. The lowest BCUT2D eigenvalue weighted by Gasteiger charge is -2.40. The first kappa shape index (κ1) is 16.8. The highest BCUT2D eigenvalue weighted by Crippen LogP contribution is 2.42. The average molecular weight is 295 g/mol. The van der Waals surface area contributed by atoms with Crippen LogP contribution in [-0.2, 0) is 4.79 Å². The Bertz CT molecular complexity index is 348. The van der Waals surface area contributed by atoms with Crippen LogP contribution in [0.3, 0.4) is 0 Å². The van der Waals surface area contributed by atoms with Crippen LogP contribution in [0.2, 0.25) is 0 Å². The molecule has 0 aromatic carbocycles. The Kier molecular flexibility index (Phi) is 5.70. The van der Waals surface area contributed by atoms with Crippen LogP contribution in [0.15, 0.2) is 0 Å². The van der Waals surface area contributed by atoms with Crippen molar-refractivity contribution in [3.05, 3.63) is 0 Å². The number of fused-ring (bicyclic) bond motifs is 1. The molecule has 3 nitrogen and oxygen atoms in total. The third-order valence-electron chi connectivity index (χ3n) is 5.69. The highest BCUT2D eigenvalue weighted by Gasteiger charge is 2.36. The maximum absolute atomic E-state index is 12.6. The number of hydrogen-bond acceptors (Lipinski definition) is 2. The Morgan fingerprint density at radius 3 is 2.43 bits per heavy atom. The zero-order valence-corrected chi connectivity index (χ0v) is 14.0. The predicted octanol–water partition coefficient (Wildman–Crippen LogP) is 3.51. The number of aliphatic hydroxyl groups excluding tert-OH is 1. The van der Waals surface area contributed by atoms with Crippen molar-refractivity contribution >= 4 is 5.91 Å². The highest BCUT2D eigenvalue weighted by molar-refractivity contribution is 5.79. The molecule has 4 atom stereocenters. The van der Waals surface area contributed by atoms with E-state index in [0.29, 0.717) is 6.42 Å². The van der Waals surface area contributed by atoms with Crippen LogP contribution < -0.4 is 5.32 Å². The van der Waals surface area contributed by atoms with Gasteiger partial charge in [0.15, 0.2) is 0 Å². The Hall–Kier alpha value is -0.570. The molecule has 2 N–H and O–H groups in total. The van der Waals surface area contributed by atoms with Crippen molar-refractivity contribution in [2.45, 2.75) is 78.2 Å². The van der Waals surface area contributed by atoms with Crippen molar-refractivity contribution in [2.24, 2.45) is 23.2 Å². The molecule has 122 valence electrons. The number of carbonyl (C=O) groups is 1. The molecular weight excluding hydrogens is 262 g/mol. The molecule has 2 fully saturated rings. The van der Waals surface area contributed by atoms with Gasteiger partial charge in [0, 0.05) is 18.6 Å². The summed E-state index contributed by atoms with van der Waals surface area (Å²) in [5, 5.41) is 12.5. The molecule has 21 heavy (non-hydrogen) atoms. The minimum Gasteiger partial charge on any atom is -0.396 e. The topological polar surface area (TPSA) is 49.3 Å². The van der Waals surface area contributed by atoms with Gasteiger partial charge in [-0.25, -0.2) is 0 Å². The summed E-state index contributed by atoms with van der Waals surface area (Å²) in [6.45, 7) is 6.53. The molecule has 4 unspecified atom stereocenters. The lowest BCUT2D eigenvalue weighted by molar-refractivity contribution is -0.128. The summed E-state index contributed by atoms with van der Waals surface area (Å²) in [5.74, 6) is 2.10. The molecule has 0 aliphatic heterocycles. The fourth-order valence-electron chi connectivity index (χ4n) is 4.25. The van der Waals surface area contributed by atoms with E-state index in [9.17, 15) is 9.90 Å². The van der Waals surface area contributed by atoms with Crippen LogP contribution in [0.25, 0.3) is 0 Å². The summed E-state index contributed by atoms with van der Waals surface area (Å²) in [5.41, 5.74) is 0.000427. The molecule has 0 radical (unpaired) electrons. The second-order valence-corrected chi connectivity index (χ2v) is 8.25. The van der Waals surface area contributed by atoms with E-state index < -0.39 is 0 Å². The second-order valence-electron chi connectivity index (χ2n) is 8.25. The van der Waals surface area contributed by atoms with Crippen LogP contribution in [0.5, 0.6) is 0 Å². The molecule has 1 amide bonds. The minimum absolute atomic E-state index is 0.000427. The van der Waals surface area contributed by atoms with Gasteiger partial charge >= 0.3 is 0 Å². The van der Waals surface area contributed by atoms with Gasteiger partial charge < -0.3 is 10.4 Å². The van der Waals surface area contributed by atoms with Gasteiger partial charge in [-0.3, -0.25) is 4.79 Å². The van der Waals surface area contributed by atoms with Gasteiger partial charge in [-0.1, -0.05) is 46.5 Å². The second kappa shape index (κ2) is 7.13. The van der Waals surface area contributed by atoms with E-state index in [1.54, 1.807) is 0 Å². The fourth-order valence-corrected chi connectivity index (χ4v) is 4.25. The van der Waals surface area contributed by atoms with Gasteiger partial charge in [-0.15, -0.1) is 0 Å². The monoisotopic (exact) mass is 295 g/mol. The standard InChI is InChI=1S/C18H33NO2/c1-18(2,3)16(10-11-20)19-17(21)15-9-8-13-6-4-5-7-14(13)12-15/h13-16,20H,4-12H2,1-3H3,(H,19,21). The Morgan fingerprint density at radius 2 is 1.81 bits per heavy atom. The zero-order valence-electron chi connectivity index (χ0n) is 14.0. The van der Waals surface area contributed by atoms with Gasteiger partial charge in [0.25, 0.3) is 0 Å². The molecule has 2 rings (SSSR count). The maximum atomic E-state index is 12.6. The van der Waals surface area contributed by atoms with Crippen molar-refractivity contribution in [1.82, 2.24) is 5.32 Å². The van der Waals surface area contributed by atoms with Crippen LogP contribution in [0, 0.1) is 23.2 Å². The van der Waals surface area contributed by atoms with Gasteiger partial charge in [-0.05, 0) is 42.9 Å². The van der Waals surface area contributed by atoms with E-state index in [4.69, 9.17) is 0 Å². The lowest BCUT2D eigenvalue weighted by Crippen LogP contribution is -2.47. The number of hydrogen-bond donors (Lipinski definition) is 2. The molecule has 2 aliphatic rings. The van der Waals surface area contributed by atoms with Gasteiger partial charge in [-0.2, -0.15) is 0 Å². The number of rotatable bonds is 4. The van der Waals surface area contributed by atoms with Crippen molar-refractivity contribution in [2.75, 3.05) is 6.61 Å². The average Bonchev–Trinajstić information content (AvgIpc) is 2.45. The van der Waals surface area contributed by atoms with E-state index in [1.807, 2.05) is 0 Å². The van der Waals surface area contributed by atoms with Crippen molar-refractivity contribution in [1.29, 1.82) is 0 Å². The van der Waals surface area contributed by atoms with Crippen molar-refractivity contribution in [3.8, 4) is 0 Å². The zero-order chi connectivity index (χ0) is 15.5. The summed E-state index contributed by atoms with van der Waals surface area (Å²) < 4.78 is 0. The number of aliphatic hydroxyl groups is 1. The van der Waals surface area contributed by atoms with Crippen molar-refractivity contribution < 1.29 is 9.90 Å². The van der Waals surface area contributed by atoms with Gasteiger partial charge in [0.2, 0.25) is 5.91 Å². The largest absolute Gasteiger partial charge is 0.396 e. The first-order chi connectivity index (χ1) is 9.91. The quantitative estimate of drug-likeness (QED) is 0.834. The van der Waals surface area contributed by atoms with Gasteiger partial charge in [0.1, 0.15) is 0 Å². The molecule has 2 saturated carbocycles. The molecule has 0 bridgehead atoms. The summed E-state index contributed by atoms with van der Waals surface area (Å²) in [6, 6.07) is 0.0686. The molecule has 0 aromatic heterocycles. The van der Waals surface area contributed by atoms with Gasteiger partial charge in [0.05, 0.1) is 0 Å². The van der Waals surface area contributed by atoms with Crippen LogP contribution in [-0.4, -0.2) is 23.7 Å². The van der Waals surface area contributed by atoms with Crippen LogP contribution in [0.4, 0.5) is 0 Å². The maximum Gasteiger partial charge on any atom is 0.223 e. The molecular formula is C18H33NO2. The van der Waals surface area contributed by atoms with E-state index in [2.05, 4.69) is 26.1 Å². The molecule has 0 saturated heterocycles. The third kappa shape index (κ3) is 4.45. The van der Waals surface area contributed by atoms with E-state index in [1.165, 1.54) is 32.1 Å². The third-order valence-corrected chi connectivity index (χ3v) is 5.69. The predicted molar refractivity (Wildman–Crippen MR) is 85.9 cm³/mol. The normalized spacial score (nSPS) is 31.3. The first-order valence-electron chi connectivity index (χ1n) is 8.83. The lowest BCUT2D eigenvalue weighted by atomic mass is 9.67. The summed E-state index contributed by atoms with van der Waals surface area (Å²) in [7, 11) is 0. The fraction of sp³-hybridized carbons (Fsp3) is 0.944. The van der Waals surface area contributed by atoms with E-state index in [0.717, 1.165) is 24.7 Å². The number of nitrogens with one attached hydrogen (secondary N) is 1. The highest BCUT2D eigenvalue weighted by atomic mass is 16.3. The molecule has 3 heteroatoms.